The van der Waals surface area contributed by atoms with Gasteiger partial charge in [-0.1, -0.05) is 0 Å². The fourth-order valence-electron chi connectivity index (χ4n) is 2.21. The van der Waals surface area contributed by atoms with Crippen LogP contribution in [0.5, 0.6) is 0 Å². The second-order valence-electron chi connectivity index (χ2n) is 5.96. The Morgan fingerprint density at radius 3 is 1.14 bits per heavy atom. The zero-order chi connectivity index (χ0) is 20.1. The van der Waals surface area contributed by atoms with Gasteiger partial charge in [-0.2, -0.15) is 119 Å². The van der Waals surface area contributed by atoms with Crippen molar-refractivity contribution in [2.24, 2.45) is 0 Å². The molecule has 0 aromatic carbocycles. The molecule has 0 aromatic heterocycles. The van der Waals surface area contributed by atoms with Crippen molar-refractivity contribution < 1.29 is 0 Å². The van der Waals surface area contributed by atoms with Crippen molar-refractivity contribution in [1.82, 2.24) is 0 Å². The maximum absolute atomic E-state index is 4.25. The molecule has 0 N–H and O–H groups in total. The van der Waals surface area contributed by atoms with Gasteiger partial charge in [0.1, 0.15) is 0 Å². The molecule has 1 fully saturated rings. The third-order valence-electron chi connectivity index (χ3n) is 3.60. The van der Waals surface area contributed by atoms with E-state index in [1.807, 2.05) is 23.5 Å². The van der Waals surface area contributed by atoms with Crippen molar-refractivity contribution in [3.63, 3.8) is 0 Å². The first-order valence-electron chi connectivity index (χ1n) is 9.78. The Kier molecular flexibility index (Phi) is 24.9. The van der Waals surface area contributed by atoms with E-state index in [9.17, 15) is 0 Å². The van der Waals surface area contributed by atoms with Crippen molar-refractivity contribution in [3.8, 4) is 0 Å². The van der Waals surface area contributed by atoms with Gasteiger partial charge in [0.15, 0.2) is 0 Å². The summed E-state index contributed by atoms with van der Waals surface area (Å²) in [5.41, 5.74) is 0. The molecular formula is C18H36S10. The molecule has 2 unspecified atom stereocenters. The Morgan fingerprint density at radius 1 is 0.500 bits per heavy atom. The van der Waals surface area contributed by atoms with Crippen LogP contribution in [-0.2, 0) is 0 Å². The van der Waals surface area contributed by atoms with E-state index < -0.39 is 0 Å². The fraction of sp³-hybridized carbons (Fsp3) is 1.00. The Labute approximate surface area is 219 Å². The second-order valence-corrected chi connectivity index (χ2v) is 16.7. The molecule has 1 heterocycles. The van der Waals surface area contributed by atoms with Crippen molar-refractivity contribution in [3.05, 3.63) is 0 Å². The summed E-state index contributed by atoms with van der Waals surface area (Å²) in [5.74, 6) is 20.4. The highest BCUT2D eigenvalue weighted by atomic mass is 32.2. The van der Waals surface area contributed by atoms with Gasteiger partial charge in [-0.05, 0) is 11.5 Å². The van der Waals surface area contributed by atoms with E-state index >= 15 is 0 Å². The highest BCUT2D eigenvalue weighted by Gasteiger charge is 2.21. The maximum Gasteiger partial charge on any atom is 0.0229 e. The van der Waals surface area contributed by atoms with Crippen LogP contribution in [0.1, 0.15) is 0 Å². The van der Waals surface area contributed by atoms with Gasteiger partial charge in [-0.15, -0.1) is 0 Å². The minimum Gasteiger partial charge on any atom is -0.179 e. The van der Waals surface area contributed by atoms with E-state index in [0.29, 0.717) is 0 Å². The topological polar surface area (TPSA) is 0 Å². The first-order chi connectivity index (χ1) is 13.9. The molecule has 1 aliphatic rings. The van der Waals surface area contributed by atoms with E-state index in [1.54, 1.807) is 0 Å². The van der Waals surface area contributed by atoms with Gasteiger partial charge < -0.3 is 0 Å². The van der Waals surface area contributed by atoms with Crippen molar-refractivity contribution in [2.45, 2.75) is 10.5 Å². The number of thiol groups is 2. The molecule has 0 amide bonds. The minimum atomic E-state index is 0.887. The maximum atomic E-state index is 4.25. The number of rotatable bonds is 20. The van der Waals surface area contributed by atoms with Crippen LogP contribution in [0.15, 0.2) is 0 Å². The van der Waals surface area contributed by atoms with Crippen LogP contribution in [0.2, 0.25) is 0 Å². The van der Waals surface area contributed by atoms with Gasteiger partial charge in [-0.3, -0.25) is 0 Å². The van der Waals surface area contributed by atoms with E-state index in [4.69, 9.17) is 0 Å². The summed E-state index contributed by atoms with van der Waals surface area (Å²) in [4.78, 5) is 0. The summed E-state index contributed by atoms with van der Waals surface area (Å²) in [6, 6.07) is 0. The van der Waals surface area contributed by atoms with Gasteiger partial charge >= 0.3 is 0 Å². The summed E-state index contributed by atoms with van der Waals surface area (Å²) in [5, 5.41) is 1.77. The SMILES string of the molecule is SCCSCCSCCSCC1CSC(CSCCSCCSCCS)CS1. The molecule has 0 nitrogen and oxygen atoms in total. The van der Waals surface area contributed by atoms with Gasteiger partial charge in [0, 0.05) is 91.0 Å². The molecule has 10 heteroatoms. The number of hydrogen-bond acceptors (Lipinski definition) is 10. The lowest BCUT2D eigenvalue weighted by Gasteiger charge is -2.27. The zero-order valence-electron chi connectivity index (χ0n) is 16.6. The largest absolute Gasteiger partial charge is 0.179 e. The van der Waals surface area contributed by atoms with Gasteiger partial charge in [0.2, 0.25) is 0 Å². The Hall–Kier alpha value is 3.50. The molecule has 28 heavy (non-hydrogen) atoms. The Bertz CT molecular complexity index is 283. The van der Waals surface area contributed by atoms with Crippen LogP contribution < -0.4 is 0 Å². The standard InChI is InChI=1S/C18H36S10/c19-1-3-21-5-7-23-9-11-25-13-17-15-28-18(16-27-17)14-26-12-10-24-8-6-22-4-2-20/h17-20H,1-16H2. The third-order valence-corrected chi connectivity index (χ3v) is 15.5. The quantitative estimate of drug-likeness (QED) is 0.124. The van der Waals surface area contributed by atoms with E-state index in [1.165, 1.54) is 80.5 Å². The molecule has 1 rings (SSSR count). The number of hydrogen-bond donors (Lipinski definition) is 2. The molecule has 0 aromatic rings. The molecule has 2 atom stereocenters. The van der Waals surface area contributed by atoms with Crippen LogP contribution >= 0.6 is 119 Å². The highest BCUT2D eigenvalue weighted by molar-refractivity contribution is 8.09. The molecule has 0 aliphatic carbocycles. The van der Waals surface area contributed by atoms with Crippen LogP contribution in [0.3, 0.4) is 0 Å². The van der Waals surface area contributed by atoms with Crippen LogP contribution in [0, 0.1) is 0 Å². The second kappa shape index (κ2) is 23.7. The van der Waals surface area contributed by atoms with E-state index in [-0.39, 0.29) is 0 Å². The lowest BCUT2D eigenvalue weighted by atomic mass is 10.5. The summed E-state index contributed by atoms with van der Waals surface area (Å²) in [6.45, 7) is 0. The molecule has 0 radical (unpaired) electrons. The predicted octanol–water partition coefficient (Wildman–Crippen LogP) is 6.46. The average molecular weight is 573 g/mol. The van der Waals surface area contributed by atoms with Gasteiger partial charge in [0.05, 0.1) is 0 Å². The molecule has 168 valence electrons. The Balaban J connectivity index is 1.81. The summed E-state index contributed by atoms with van der Waals surface area (Å²) < 4.78 is 0. The van der Waals surface area contributed by atoms with Crippen LogP contribution in [-0.4, -0.2) is 103 Å². The predicted molar refractivity (Wildman–Crippen MR) is 164 cm³/mol. The minimum absolute atomic E-state index is 0.887. The van der Waals surface area contributed by atoms with Gasteiger partial charge in [0.25, 0.3) is 0 Å². The Morgan fingerprint density at radius 2 is 0.821 bits per heavy atom. The summed E-state index contributed by atoms with van der Waals surface area (Å²) >= 11 is 25.6. The van der Waals surface area contributed by atoms with Crippen molar-refractivity contribution in [2.75, 3.05) is 92.0 Å². The van der Waals surface area contributed by atoms with Crippen LogP contribution in [0.4, 0.5) is 0 Å². The van der Waals surface area contributed by atoms with Gasteiger partial charge in [-0.25, -0.2) is 0 Å². The number of thioether (sulfide) groups is 8. The molecule has 0 spiro atoms. The first kappa shape index (κ1) is 29.5. The summed E-state index contributed by atoms with van der Waals surface area (Å²) in [6.07, 6.45) is 0. The van der Waals surface area contributed by atoms with E-state index in [0.717, 1.165) is 22.0 Å². The molecule has 1 saturated heterocycles. The summed E-state index contributed by atoms with van der Waals surface area (Å²) in [7, 11) is 0. The normalized spacial score (nSPS) is 19.9. The smallest absolute Gasteiger partial charge is 0.0229 e. The van der Waals surface area contributed by atoms with Crippen LogP contribution in [0.25, 0.3) is 0 Å². The molecule has 1 aliphatic heterocycles. The van der Waals surface area contributed by atoms with Crippen molar-refractivity contribution in [1.29, 1.82) is 0 Å². The monoisotopic (exact) mass is 572 g/mol. The highest BCUT2D eigenvalue weighted by Crippen LogP contribution is 2.33. The van der Waals surface area contributed by atoms with Crippen molar-refractivity contribution >= 4 is 119 Å². The fourth-order valence-corrected chi connectivity index (χ4v) is 13.0. The first-order valence-corrected chi connectivity index (χ1v) is 20.1. The average Bonchev–Trinajstić information content (AvgIpc) is 2.72. The molecule has 0 saturated carbocycles. The lowest BCUT2D eigenvalue weighted by molar-refractivity contribution is 1.06. The zero-order valence-corrected chi connectivity index (χ0v) is 24.9. The third kappa shape index (κ3) is 19.0. The lowest BCUT2D eigenvalue weighted by Crippen LogP contribution is -2.25. The molecule has 0 bridgehead atoms. The molecular weight excluding hydrogens is 537 g/mol. The van der Waals surface area contributed by atoms with E-state index in [2.05, 4.69) is 95.8 Å².